The topological polar surface area (TPSA) is 87.2 Å². The van der Waals surface area contributed by atoms with Crippen LogP contribution in [0.15, 0.2) is 30.3 Å². The van der Waals surface area contributed by atoms with Gasteiger partial charge in [0.1, 0.15) is 12.1 Å². The standard InChI is InChI=1S/C22H29N3O5/c1-3-24(14-17-10-6-4-7-11-17)18(26)16-30-19(27)15-25-20(28)22(23(2)21(25)29)12-8-5-9-13-22/h4,6-7,10-11H,3,5,8-9,12-16H2,1-2H3. The lowest BCUT2D eigenvalue weighted by molar-refractivity contribution is -0.154. The Bertz CT molecular complexity index is 804. The Kier molecular flexibility index (Phi) is 6.74. The molecular weight excluding hydrogens is 386 g/mol. The second kappa shape index (κ2) is 9.28. The zero-order valence-electron chi connectivity index (χ0n) is 17.6. The van der Waals surface area contributed by atoms with Crippen molar-refractivity contribution in [2.45, 2.75) is 51.1 Å². The fourth-order valence-corrected chi connectivity index (χ4v) is 4.26. The molecule has 0 atom stereocenters. The first-order valence-electron chi connectivity index (χ1n) is 10.5. The number of likely N-dealkylation sites (N-methyl/N-ethyl adjacent to an activating group) is 2. The molecule has 0 radical (unpaired) electrons. The van der Waals surface area contributed by atoms with Crippen LogP contribution in [0.4, 0.5) is 4.79 Å². The van der Waals surface area contributed by atoms with Gasteiger partial charge in [0, 0.05) is 20.1 Å². The summed E-state index contributed by atoms with van der Waals surface area (Å²) in [5.74, 6) is -1.42. The Balaban J connectivity index is 1.54. The van der Waals surface area contributed by atoms with Crippen LogP contribution in [0.1, 0.15) is 44.6 Å². The van der Waals surface area contributed by atoms with Crippen molar-refractivity contribution >= 4 is 23.8 Å². The molecule has 1 aromatic carbocycles. The maximum atomic E-state index is 12.9. The Hall–Kier alpha value is -2.90. The summed E-state index contributed by atoms with van der Waals surface area (Å²) in [7, 11) is 1.61. The van der Waals surface area contributed by atoms with Crippen molar-refractivity contribution in [3.8, 4) is 0 Å². The predicted octanol–water partition coefficient (Wildman–Crippen LogP) is 2.18. The van der Waals surface area contributed by atoms with Crippen LogP contribution >= 0.6 is 0 Å². The van der Waals surface area contributed by atoms with E-state index < -0.39 is 30.7 Å². The summed E-state index contributed by atoms with van der Waals surface area (Å²) < 4.78 is 5.10. The summed E-state index contributed by atoms with van der Waals surface area (Å²) in [6.07, 6.45) is 4.03. The molecule has 162 valence electrons. The van der Waals surface area contributed by atoms with Crippen LogP contribution in [0.2, 0.25) is 0 Å². The predicted molar refractivity (Wildman–Crippen MR) is 109 cm³/mol. The summed E-state index contributed by atoms with van der Waals surface area (Å²) in [5, 5.41) is 0. The number of amides is 4. The van der Waals surface area contributed by atoms with E-state index in [1.54, 1.807) is 11.9 Å². The van der Waals surface area contributed by atoms with E-state index in [0.717, 1.165) is 29.7 Å². The number of nitrogens with zero attached hydrogens (tertiary/aromatic N) is 3. The maximum Gasteiger partial charge on any atom is 0.327 e. The number of esters is 1. The highest BCUT2D eigenvalue weighted by molar-refractivity contribution is 6.08. The fraction of sp³-hybridized carbons (Fsp3) is 0.545. The van der Waals surface area contributed by atoms with Crippen molar-refractivity contribution in [3.05, 3.63) is 35.9 Å². The van der Waals surface area contributed by atoms with E-state index in [2.05, 4.69) is 0 Å². The molecule has 2 fully saturated rings. The van der Waals surface area contributed by atoms with Crippen LogP contribution in [0.25, 0.3) is 0 Å². The Labute approximate surface area is 176 Å². The summed E-state index contributed by atoms with van der Waals surface area (Å²) in [5.41, 5.74) is 0.147. The van der Waals surface area contributed by atoms with Crippen LogP contribution in [-0.2, 0) is 25.7 Å². The molecule has 0 aromatic heterocycles. The summed E-state index contributed by atoms with van der Waals surface area (Å²) in [4.78, 5) is 54.2. The van der Waals surface area contributed by atoms with Gasteiger partial charge < -0.3 is 14.5 Å². The number of rotatable bonds is 7. The van der Waals surface area contributed by atoms with Gasteiger partial charge in [-0.05, 0) is 25.3 Å². The molecule has 1 saturated heterocycles. The van der Waals surface area contributed by atoms with E-state index in [4.69, 9.17) is 4.74 Å². The molecule has 30 heavy (non-hydrogen) atoms. The van der Waals surface area contributed by atoms with Crippen LogP contribution < -0.4 is 0 Å². The highest BCUT2D eigenvalue weighted by Gasteiger charge is 2.55. The fourth-order valence-electron chi connectivity index (χ4n) is 4.26. The minimum Gasteiger partial charge on any atom is -0.454 e. The van der Waals surface area contributed by atoms with E-state index in [0.29, 0.717) is 25.9 Å². The first-order chi connectivity index (χ1) is 14.4. The zero-order valence-corrected chi connectivity index (χ0v) is 17.6. The smallest absolute Gasteiger partial charge is 0.327 e. The van der Waals surface area contributed by atoms with E-state index in [1.165, 1.54) is 4.90 Å². The monoisotopic (exact) mass is 415 g/mol. The van der Waals surface area contributed by atoms with Gasteiger partial charge >= 0.3 is 12.0 Å². The van der Waals surface area contributed by atoms with Crippen molar-refractivity contribution in [1.29, 1.82) is 0 Å². The Morgan fingerprint density at radius 3 is 2.40 bits per heavy atom. The lowest BCUT2D eigenvalue weighted by Crippen LogP contribution is -2.49. The largest absolute Gasteiger partial charge is 0.454 e. The third-order valence-corrected chi connectivity index (χ3v) is 6.08. The molecule has 4 amide bonds. The number of benzene rings is 1. The van der Waals surface area contributed by atoms with Crippen LogP contribution in [0, 0.1) is 0 Å². The zero-order chi connectivity index (χ0) is 21.7. The van der Waals surface area contributed by atoms with Gasteiger partial charge in [0.15, 0.2) is 6.61 Å². The minimum atomic E-state index is -0.833. The molecule has 1 spiro atoms. The number of urea groups is 1. The third kappa shape index (κ3) is 4.32. The minimum absolute atomic E-state index is 0.324. The van der Waals surface area contributed by atoms with Gasteiger partial charge in [0.05, 0.1) is 0 Å². The molecule has 0 N–H and O–H groups in total. The molecule has 0 bridgehead atoms. The molecular formula is C22H29N3O5. The molecule has 1 aromatic rings. The average molecular weight is 415 g/mol. The Morgan fingerprint density at radius 2 is 1.77 bits per heavy atom. The molecule has 1 heterocycles. The lowest BCUT2D eigenvalue weighted by Gasteiger charge is -2.35. The highest BCUT2D eigenvalue weighted by Crippen LogP contribution is 2.39. The summed E-state index contributed by atoms with van der Waals surface area (Å²) >= 11 is 0. The Morgan fingerprint density at radius 1 is 1.10 bits per heavy atom. The van der Waals surface area contributed by atoms with Crippen molar-refractivity contribution in [2.24, 2.45) is 0 Å². The first-order valence-corrected chi connectivity index (χ1v) is 10.5. The molecule has 1 aliphatic heterocycles. The van der Waals surface area contributed by atoms with Gasteiger partial charge in [-0.1, -0.05) is 49.6 Å². The molecule has 8 heteroatoms. The first kappa shape index (κ1) is 21.8. The summed E-state index contributed by atoms with van der Waals surface area (Å²) in [6.45, 7) is 1.86. The third-order valence-electron chi connectivity index (χ3n) is 6.08. The van der Waals surface area contributed by atoms with E-state index >= 15 is 0 Å². The molecule has 1 saturated carbocycles. The van der Waals surface area contributed by atoms with E-state index in [9.17, 15) is 19.2 Å². The van der Waals surface area contributed by atoms with Crippen LogP contribution in [0.3, 0.4) is 0 Å². The molecule has 0 unspecified atom stereocenters. The summed E-state index contributed by atoms with van der Waals surface area (Å²) in [6, 6.07) is 9.05. The number of ether oxygens (including phenoxy) is 1. The van der Waals surface area contributed by atoms with Crippen molar-refractivity contribution in [1.82, 2.24) is 14.7 Å². The number of hydrogen-bond donors (Lipinski definition) is 0. The normalized spacial score (nSPS) is 18.1. The van der Waals surface area contributed by atoms with Gasteiger partial charge in [0.2, 0.25) is 0 Å². The van der Waals surface area contributed by atoms with Gasteiger partial charge in [-0.15, -0.1) is 0 Å². The van der Waals surface area contributed by atoms with E-state index in [-0.39, 0.29) is 11.8 Å². The van der Waals surface area contributed by atoms with Gasteiger partial charge in [-0.2, -0.15) is 0 Å². The van der Waals surface area contributed by atoms with Crippen molar-refractivity contribution < 1.29 is 23.9 Å². The highest BCUT2D eigenvalue weighted by atomic mass is 16.5. The number of imide groups is 1. The molecule has 3 rings (SSSR count). The van der Waals surface area contributed by atoms with Crippen molar-refractivity contribution in [2.75, 3.05) is 26.7 Å². The van der Waals surface area contributed by atoms with Crippen LogP contribution in [0.5, 0.6) is 0 Å². The number of hydrogen-bond acceptors (Lipinski definition) is 5. The second-order valence-corrected chi connectivity index (χ2v) is 7.88. The SMILES string of the molecule is CCN(Cc1ccccc1)C(=O)COC(=O)CN1C(=O)N(C)C2(CCCCC2)C1=O. The van der Waals surface area contributed by atoms with Gasteiger partial charge in [-0.3, -0.25) is 19.3 Å². The average Bonchev–Trinajstić information content (AvgIpc) is 2.93. The number of carbonyl (C=O) groups excluding carboxylic acids is 4. The number of carbonyl (C=O) groups is 4. The molecule has 2 aliphatic rings. The quantitative estimate of drug-likeness (QED) is 0.503. The maximum absolute atomic E-state index is 12.9. The second-order valence-electron chi connectivity index (χ2n) is 7.88. The molecule has 8 nitrogen and oxygen atoms in total. The molecule has 1 aliphatic carbocycles. The van der Waals surface area contributed by atoms with Gasteiger partial charge in [-0.25, -0.2) is 4.79 Å². The van der Waals surface area contributed by atoms with E-state index in [1.807, 2.05) is 37.3 Å². The van der Waals surface area contributed by atoms with Gasteiger partial charge in [0.25, 0.3) is 11.8 Å². The lowest BCUT2D eigenvalue weighted by atomic mass is 9.81. The van der Waals surface area contributed by atoms with Crippen molar-refractivity contribution in [3.63, 3.8) is 0 Å². The van der Waals surface area contributed by atoms with Crippen LogP contribution in [-0.4, -0.2) is 70.8 Å².